The Morgan fingerprint density at radius 3 is 2.68 bits per heavy atom. The first-order chi connectivity index (χ1) is 9.10. The molecule has 0 aromatic heterocycles. The summed E-state index contributed by atoms with van der Waals surface area (Å²) in [4.78, 5) is 22.7. The molecular formula is C14H17NO4. The van der Waals surface area contributed by atoms with Gasteiger partial charge in [0.25, 0.3) is 0 Å². The fourth-order valence-corrected chi connectivity index (χ4v) is 1.69. The number of methoxy groups -OCH3 is 1. The van der Waals surface area contributed by atoms with E-state index in [1.165, 1.54) is 26.9 Å². The van der Waals surface area contributed by atoms with Gasteiger partial charge in [-0.05, 0) is 30.9 Å². The summed E-state index contributed by atoms with van der Waals surface area (Å²) in [5, 5.41) is 2.66. The highest BCUT2D eigenvalue weighted by atomic mass is 16.5. The number of hydrogen-bond acceptors (Lipinski definition) is 4. The maximum Gasteiger partial charge on any atom is 0.341 e. The Bertz CT molecular complexity index is 494. The third-order valence-electron chi connectivity index (χ3n) is 2.88. The molecule has 1 aromatic carbocycles. The zero-order valence-corrected chi connectivity index (χ0v) is 11.1. The van der Waals surface area contributed by atoms with E-state index in [1.807, 2.05) is 0 Å². The fourth-order valence-electron chi connectivity index (χ4n) is 1.69. The van der Waals surface area contributed by atoms with Crippen LogP contribution in [0, 0.1) is 5.92 Å². The van der Waals surface area contributed by atoms with Crippen LogP contribution in [0.3, 0.4) is 0 Å². The van der Waals surface area contributed by atoms with E-state index < -0.39 is 5.97 Å². The second kappa shape index (κ2) is 5.73. The van der Waals surface area contributed by atoms with E-state index in [0.29, 0.717) is 29.5 Å². The predicted octanol–water partition coefficient (Wildman–Crippen LogP) is 2.22. The molecule has 19 heavy (non-hydrogen) atoms. The minimum Gasteiger partial charge on any atom is -0.492 e. The summed E-state index contributed by atoms with van der Waals surface area (Å²) in [6.45, 7) is 2.02. The number of carbonyl (C=O) groups is 2. The predicted molar refractivity (Wildman–Crippen MR) is 70.3 cm³/mol. The highest BCUT2D eigenvalue weighted by molar-refractivity contribution is 5.94. The Hall–Kier alpha value is -2.04. The molecular weight excluding hydrogens is 246 g/mol. The molecule has 2 rings (SSSR count). The van der Waals surface area contributed by atoms with Crippen molar-refractivity contribution in [2.45, 2.75) is 19.8 Å². The van der Waals surface area contributed by atoms with Crippen LogP contribution in [-0.2, 0) is 9.53 Å². The lowest BCUT2D eigenvalue weighted by Crippen LogP contribution is -2.10. The Morgan fingerprint density at radius 2 is 2.11 bits per heavy atom. The molecule has 0 atom stereocenters. The topological polar surface area (TPSA) is 64.6 Å². The molecule has 1 fully saturated rings. The molecule has 1 amide bonds. The van der Waals surface area contributed by atoms with Gasteiger partial charge in [-0.15, -0.1) is 0 Å². The van der Waals surface area contributed by atoms with Gasteiger partial charge in [0.1, 0.15) is 11.3 Å². The van der Waals surface area contributed by atoms with Crippen molar-refractivity contribution in [1.29, 1.82) is 0 Å². The van der Waals surface area contributed by atoms with Crippen LogP contribution in [0.2, 0.25) is 0 Å². The molecule has 1 N–H and O–H groups in total. The number of amides is 1. The highest BCUT2D eigenvalue weighted by Gasteiger charge is 2.23. The quantitative estimate of drug-likeness (QED) is 0.827. The highest BCUT2D eigenvalue weighted by Crippen LogP contribution is 2.31. The molecule has 0 bridgehead atoms. The molecule has 0 radical (unpaired) electrons. The molecule has 0 unspecified atom stereocenters. The maximum atomic E-state index is 11.6. The second-order valence-corrected chi connectivity index (χ2v) is 4.64. The van der Waals surface area contributed by atoms with Gasteiger partial charge < -0.3 is 14.8 Å². The first kappa shape index (κ1) is 13.4. The number of nitrogens with one attached hydrogen (secondary N) is 1. The summed E-state index contributed by atoms with van der Waals surface area (Å²) in [6.07, 6.45) is 2.33. The number of anilines is 1. The molecule has 1 aliphatic rings. The van der Waals surface area contributed by atoms with E-state index in [0.717, 1.165) is 0 Å². The third-order valence-corrected chi connectivity index (χ3v) is 2.88. The normalized spacial score (nSPS) is 13.8. The maximum absolute atomic E-state index is 11.6. The van der Waals surface area contributed by atoms with Crippen LogP contribution < -0.4 is 10.1 Å². The first-order valence-corrected chi connectivity index (χ1v) is 6.23. The van der Waals surface area contributed by atoms with Gasteiger partial charge in [-0.1, -0.05) is 0 Å². The van der Waals surface area contributed by atoms with Crippen molar-refractivity contribution >= 4 is 17.6 Å². The number of esters is 1. The van der Waals surface area contributed by atoms with Crippen LogP contribution >= 0.6 is 0 Å². The molecule has 1 aliphatic carbocycles. The molecule has 1 aromatic rings. The lowest BCUT2D eigenvalue weighted by atomic mass is 10.1. The van der Waals surface area contributed by atoms with Crippen LogP contribution in [0.5, 0.6) is 5.75 Å². The van der Waals surface area contributed by atoms with Gasteiger partial charge in [-0.3, -0.25) is 4.79 Å². The van der Waals surface area contributed by atoms with Crippen molar-refractivity contribution in [1.82, 2.24) is 0 Å². The molecule has 0 spiro atoms. The zero-order chi connectivity index (χ0) is 13.8. The summed E-state index contributed by atoms with van der Waals surface area (Å²) >= 11 is 0. The number of hydrogen-bond donors (Lipinski definition) is 1. The van der Waals surface area contributed by atoms with E-state index in [-0.39, 0.29) is 5.91 Å². The average Bonchev–Trinajstić information content (AvgIpc) is 3.19. The summed E-state index contributed by atoms with van der Waals surface area (Å²) in [6, 6.07) is 4.90. The van der Waals surface area contributed by atoms with E-state index >= 15 is 0 Å². The number of ether oxygens (including phenoxy) is 2. The molecule has 5 heteroatoms. The van der Waals surface area contributed by atoms with Gasteiger partial charge in [0.05, 0.1) is 13.7 Å². The van der Waals surface area contributed by atoms with Gasteiger partial charge in [0.2, 0.25) is 5.91 Å². The number of rotatable bonds is 5. The zero-order valence-electron chi connectivity index (χ0n) is 11.1. The van der Waals surface area contributed by atoms with Crippen molar-refractivity contribution in [2.24, 2.45) is 5.92 Å². The van der Waals surface area contributed by atoms with Gasteiger partial charge in [0, 0.05) is 18.7 Å². The minimum absolute atomic E-state index is 0.168. The average molecular weight is 263 g/mol. The van der Waals surface area contributed by atoms with Gasteiger partial charge in [-0.2, -0.15) is 0 Å². The van der Waals surface area contributed by atoms with Crippen molar-refractivity contribution in [3.8, 4) is 5.75 Å². The van der Waals surface area contributed by atoms with Crippen LogP contribution in [0.4, 0.5) is 5.69 Å². The summed E-state index contributed by atoms with van der Waals surface area (Å²) in [7, 11) is 1.33. The minimum atomic E-state index is -0.444. The second-order valence-electron chi connectivity index (χ2n) is 4.64. The smallest absolute Gasteiger partial charge is 0.341 e. The lowest BCUT2D eigenvalue weighted by molar-refractivity contribution is -0.114. The number of carbonyl (C=O) groups excluding carboxylic acids is 2. The van der Waals surface area contributed by atoms with E-state index in [9.17, 15) is 9.59 Å². The fraction of sp³-hybridized carbons (Fsp3) is 0.429. The summed E-state index contributed by atoms with van der Waals surface area (Å²) < 4.78 is 10.4. The molecule has 5 nitrogen and oxygen atoms in total. The Balaban J connectivity index is 2.20. The van der Waals surface area contributed by atoms with E-state index in [4.69, 9.17) is 9.47 Å². The first-order valence-electron chi connectivity index (χ1n) is 6.23. The Morgan fingerprint density at radius 1 is 1.37 bits per heavy atom. The van der Waals surface area contributed by atoms with Crippen LogP contribution in [0.15, 0.2) is 18.2 Å². The third kappa shape index (κ3) is 3.71. The van der Waals surface area contributed by atoms with Crippen LogP contribution in [0.25, 0.3) is 0 Å². The van der Waals surface area contributed by atoms with Crippen LogP contribution in [-0.4, -0.2) is 25.6 Å². The van der Waals surface area contributed by atoms with Crippen molar-refractivity contribution in [2.75, 3.05) is 19.0 Å². The number of benzene rings is 1. The SMILES string of the molecule is COC(=O)c1ccc(NC(C)=O)cc1OCC1CC1. The standard InChI is InChI=1S/C14H17NO4/c1-9(16)15-11-5-6-12(14(17)18-2)13(7-11)19-8-10-3-4-10/h5-7,10H,3-4,8H2,1-2H3,(H,15,16). The van der Waals surface area contributed by atoms with Gasteiger partial charge in [0.15, 0.2) is 0 Å². The Kier molecular flexibility index (Phi) is 4.04. The van der Waals surface area contributed by atoms with Gasteiger partial charge in [-0.25, -0.2) is 4.79 Å². The van der Waals surface area contributed by atoms with Crippen molar-refractivity contribution < 1.29 is 19.1 Å². The Labute approximate surface area is 111 Å². The van der Waals surface area contributed by atoms with E-state index in [1.54, 1.807) is 18.2 Å². The summed E-state index contributed by atoms with van der Waals surface area (Å²) in [5.74, 6) is 0.416. The van der Waals surface area contributed by atoms with Crippen molar-refractivity contribution in [3.63, 3.8) is 0 Å². The van der Waals surface area contributed by atoms with Crippen molar-refractivity contribution in [3.05, 3.63) is 23.8 Å². The lowest BCUT2D eigenvalue weighted by Gasteiger charge is -2.12. The molecule has 0 aliphatic heterocycles. The van der Waals surface area contributed by atoms with Gasteiger partial charge >= 0.3 is 5.97 Å². The molecule has 0 heterocycles. The largest absolute Gasteiger partial charge is 0.492 e. The van der Waals surface area contributed by atoms with Crippen LogP contribution in [0.1, 0.15) is 30.1 Å². The molecule has 0 saturated heterocycles. The monoisotopic (exact) mass is 263 g/mol. The summed E-state index contributed by atoms with van der Waals surface area (Å²) in [5.41, 5.74) is 0.975. The molecule has 1 saturated carbocycles. The van der Waals surface area contributed by atoms with E-state index in [2.05, 4.69) is 5.32 Å². The molecule has 102 valence electrons.